The molecule has 188 valence electrons. The first-order valence-corrected chi connectivity index (χ1v) is 12.0. The van der Waals surface area contributed by atoms with Crippen molar-refractivity contribution in [3.8, 4) is 10.6 Å². The molecule has 0 bridgehead atoms. The summed E-state index contributed by atoms with van der Waals surface area (Å²) in [4.78, 5) is 40.1. The second kappa shape index (κ2) is 8.93. The molecule has 0 radical (unpaired) electrons. The Hall–Kier alpha value is -3.38. The largest absolute Gasteiger partial charge is 0.451 e. The molecular formula is C24H22F3N5O3S. The van der Waals surface area contributed by atoms with Gasteiger partial charge in [0.25, 0.3) is 11.8 Å². The number of amides is 2. The van der Waals surface area contributed by atoms with Gasteiger partial charge in [0, 0.05) is 58.8 Å². The Labute approximate surface area is 208 Å². The fraction of sp³-hybridized carbons (Fsp3) is 0.375. The molecule has 4 heterocycles. The summed E-state index contributed by atoms with van der Waals surface area (Å²) in [6.45, 7) is 6.04. The van der Waals surface area contributed by atoms with Crippen LogP contribution in [0.15, 0.2) is 36.8 Å². The summed E-state index contributed by atoms with van der Waals surface area (Å²) >= 11 is 1.44. The number of nitrogens with zero attached hydrogens (tertiary/aromatic N) is 4. The van der Waals surface area contributed by atoms with Crippen molar-refractivity contribution in [3.05, 3.63) is 64.2 Å². The van der Waals surface area contributed by atoms with Crippen LogP contribution in [-0.4, -0.2) is 58.0 Å². The highest BCUT2D eigenvalue weighted by molar-refractivity contribution is 7.14. The van der Waals surface area contributed by atoms with Gasteiger partial charge in [0.05, 0.1) is 24.7 Å². The van der Waals surface area contributed by atoms with Crippen LogP contribution >= 0.6 is 11.3 Å². The Morgan fingerprint density at radius 1 is 1.08 bits per heavy atom. The number of aryl methyl sites for hydroxylation is 1. The molecule has 2 saturated heterocycles. The Kier molecular flexibility index (Phi) is 6.03. The Bertz CT molecular complexity index is 1310. The van der Waals surface area contributed by atoms with E-state index in [4.69, 9.17) is 4.74 Å². The summed E-state index contributed by atoms with van der Waals surface area (Å²) in [5, 5.41) is 3.42. The van der Waals surface area contributed by atoms with Crippen molar-refractivity contribution in [1.82, 2.24) is 25.2 Å². The van der Waals surface area contributed by atoms with Crippen molar-refractivity contribution in [2.45, 2.75) is 26.1 Å². The third-order valence-electron chi connectivity index (χ3n) is 6.24. The molecule has 0 unspecified atom stereocenters. The van der Waals surface area contributed by atoms with Crippen molar-refractivity contribution in [2.75, 3.05) is 26.3 Å². The van der Waals surface area contributed by atoms with E-state index in [9.17, 15) is 22.8 Å². The number of hydrogen-bond donors (Lipinski definition) is 1. The molecule has 1 aromatic carbocycles. The number of aromatic nitrogens is 3. The smallest absolute Gasteiger partial charge is 0.380 e. The van der Waals surface area contributed by atoms with Gasteiger partial charge in [-0.15, -0.1) is 11.3 Å². The number of halogens is 3. The van der Waals surface area contributed by atoms with Crippen LogP contribution in [0.5, 0.6) is 0 Å². The van der Waals surface area contributed by atoms with Gasteiger partial charge >= 0.3 is 6.18 Å². The predicted molar refractivity (Wildman–Crippen MR) is 124 cm³/mol. The first kappa shape index (κ1) is 24.3. The Morgan fingerprint density at radius 2 is 1.75 bits per heavy atom. The number of ether oxygens (including phenoxy) is 1. The van der Waals surface area contributed by atoms with Crippen molar-refractivity contribution >= 4 is 23.2 Å². The minimum Gasteiger partial charge on any atom is -0.380 e. The number of alkyl halides is 3. The fourth-order valence-electron chi connectivity index (χ4n) is 4.23. The first-order chi connectivity index (χ1) is 17.0. The van der Waals surface area contributed by atoms with Gasteiger partial charge in [0.1, 0.15) is 5.01 Å². The summed E-state index contributed by atoms with van der Waals surface area (Å²) < 4.78 is 43.5. The number of thiazole rings is 1. The molecule has 36 heavy (non-hydrogen) atoms. The van der Waals surface area contributed by atoms with Gasteiger partial charge in [-0.2, -0.15) is 13.2 Å². The standard InChI is InChI=1S/C24H22F3N5O3S/c1-13-6-28-20(36-13)16-3-15(4-17(5-16)21(34)32-9-23(10-32)11-35-12-23)19(33)31-14(2)18-7-29-22(30-8-18)24(25,26)27/h3-8,14H,9-12H2,1-2H3,(H,31,33)/t14-/m1/s1. The van der Waals surface area contributed by atoms with Gasteiger partial charge < -0.3 is 15.0 Å². The number of nitrogens with one attached hydrogen (secondary N) is 1. The monoisotopic (exact) mass is 517 g/mol. The van der Waals surface area contributed by atoms with E-state index in [1.54, 1.807) is 30.2 Å². The molecule has 2 aromatic heterocycles. The highest BCUT2D eigenvalue weighted by Gasteiger charge is 2.50. The lowest BCUT2D eigenvalue weighted by Gasteiger charge is -2.54. The number of carbonyl (C=O) groups excluding carboxylic acids is 2. The maximum atomic E-state index is 13.2. The topological polar surface area (TPSA) is 97.3 Å². The lowest BCUT2D eigenvalue weighted by Crippen LogP contribution is -2.67. The summed E-state index contributed by atoms with van der Waals surface area (Å²) in [7, 11) is 0. The minimum atomic E-state index is -4.65. The normalized spacial score (nSPS) is 17.3. The molecule has 1 atom stereocenters. The summed E-state index contributed by atoms with van der Waals surface area (Å²) in [6, 6.07) is 4.24. The van der Waals surface area contributed by atoms with E-state index in [0.29, 0.717) is 48.0 Å². The lowest BCUT2D eigenvalue weighted by atomic mass is 9.77. The molecule has 1 spiro atoms. The minimum absolute atomic E-state index is 0.0546. The molecule has 12 heteroatoms. The van der Waals surface area contributed by atoms with E-state index in [0.717, 1.165) is 17.3 Å². The van der Waals surface area contributed by atoms with Crippen molar-refractivity contribution in [2.24, 2.45) is 5.41 Å². The van der Waals surface area contributed by atoms with Crippen LogP contribution in [-0.2, 0) is 10.9 Å². The quantitative estimate of drug-likeness (QED) is 0.552. The maximum absolute atomic E-state index is 13.2. The van der Waals surface area contributed by atoms with Crippen molar-refractivity contribution in [1.29, 1.82) is 0 Å². The molecule has 8 nitrogen and oxygen atoms in total. The van der Waals surface area contributed by atoms with Crippen LogP contribution in [0.2, 0.25) is 0 Å². The van der Waals surface area contributed by atoms with Crippen LogP contribution in [0, 0.1) is 12.3 Å². The molecule has 5 rings (SSSR count). The highest BCUT2D eigenvalue weighted by Crippen LogP contribution is 2.38. The van der Waals surface area contributed by atoms with Gasteiger partial charge in [-0.3, -0.25) is 9.59 Å². The fourth-order valence-corrected chi connectivity index (χ4v) is 4.98. The van der Waals surface area contributed by atoms with Crippen LogP contribution in [0.1, 0.15) is 49.9 Å². The summed E-state index contributed by atoms with van der Waals surface area (Å²) in [5.74, 6) is -1.92. The zero-order valence-corrected chi connectivity index (χ0v) is 20.2. The molecule has 2 fully saturated rings. The highest BCUT2D eigenvalue weighted by atomic mass is 32.1. The Balaban J connectivity index is 1.38. The van der Waals surface area contributed by atoms with Crippen LogP contribution < -0.4 is 5.32 Å². The van der Waals surface area contributed by atoms with E-state index >= 15 is 0 Å². The van der Waals surface area contributed by atoms with Crippen molar-refractivity contribution in [3.63, 3.8) is 0 Å². The second-order valence-corrected chi connectivity index (χ2v) is 10.5. The van der Waals surface area contributed by atoms with Crippen LogP contribution in [0.3, 0.4) is 0 Å². The zero-order valence-electron chi connectivity index (χ0n) is 19.4. The predicted octanol–water partition coefficient (Wildman–Crippen LogP) is 3.89. The number of rotatable bonds is 5. The van der Waals surface area contributed by atoms with Gasteiger partial charge in [-0.05, 0) is 32.0 Å². The van der Waals surface area contributed by atoms with Crippen molar-refractivity contribution < 1.29 is 27.5 Å². The molecule has 2 amide bonds. The van der Waals surface area contributed by atoms with Crippen LogP contribution in [0.25, 0.3) is 10.6 Å². The first-order valence-electron chi connectivity index (χ1n) is 11.2. The van der Waals surface area contributed by atoms with E-state index in [1.165, 1.54) is 17.4 Å². The van der Waals surface area contributed by atoms with Gasteiger partial charge in [-0.1, -0.05) is 0 Å². The van der Waals surface area contributed by atoms with E-state index in [-0.39, 0.29) is 16.9 Å². The molecule has 0 aliphatic carbocycles. The third-order valence-corrected chi connectivity index (χ3v) is 7.20. The van der Waals surface area contributed by atoms with E-state index in [1.807, 2.05) is 6.92 Å². The molecular weight excluding hydrogens is 495 g/mol. The zero-order chi connectivity index (χ0) is 25.7. The van der Waals surface area contributed by atoms with E-state index < -0.39 is 23.9 Å². The van der Waals surface area contributed by atoms with E-state index in [2.05, 4.69) is 20.3 Å². The molecule has 2 aliphatic rings. The molecule has 0 saturated carbocycles. The molecule has 3 aromatic rings. The lowest BCUT2D eigenvalue weighted by molar-refractivity contribution is -0.176. The Morgan fingerprint density at radius 3 is 2.31 bits per heavy atom. The number of likely N-dealkylation sites (tertiary alicyclic amines) is 1. The number of carbonyl (C=O) groups is 2. The van der Waals surface area contributed by atoms with Gasteiger partial charge in [0.15, 0.2) is 0 Å². The third kappa shape index (κ3) is 4.70. The summed E-state index contributed by atoms with van der Waals surface area (Å²) in [5.41, 5.74) is 1.61. The van der Waals surface area contributed by atoms with Gasteiger partial charge in [0.2, 0.25) is 5.82 Å². The maximum Gasteiger partial charge on any atom is 0.451 e. The number of hydrogen-bond acceptors (Lipinski definition) is 7. The average molecular weight is 518 g/mol. The average Bonchev–Trinajstić information content (AvgIpc) is 3.22. The second-order valence-electron chi connectivity index (χ2n) is 9.26. The number of benzene rings is 1. The molecule has 2 aliphatic heterocycles. The molecule has 1 N–H and O–H groups in total. The summed E-state index contributed by atoms with van der Waals surface area (Å²) in [6.07, 6.45) is -0.857. The van der Waals surface area contributed by atoms with Crippen LogP contribution in [0.4, 0.5) is 13.2 Å². The SMILES string of the molecule is Cc1cnc(-c2cc(C(=O)N[C@H](C)c3cnc(C(F)(F)F)nc3)cc(C(=O)N3CC4(COC4)C3)c2)s1. The van der Waals surface area contributed by atoms with Gasteiger partial charge in [-0.25, -0.2) is 15.0 Å².